The van der Waals surface area contributed by atoms with Gasteiger partial charge >= 0.3 is 0 Å². The summed E-state index contributed by atoms with van der Waals surface area (Å²) < 4.78 is 27.0. The van der Waals surface area contributed by atoms with Gasteiger partial charge in [0.2, 0.25) is 0 Å². The lowest BCUT2D eigenvalue weighted by Gasteiger charge is -2.08. The Hall–Kier alpha value is -2.67. The minimum Gasteiger partial charge on any atom is -0.280 e. The van der Waals surface area contributed by atoms with Gasteiger partial charge in [0.25, 0.3) is 10.0 Å². The van der Waals surface area contributed by atoms with Gasteiger partial charge in [-0.15, -0.1) is 0 Å². The van der Waals surface area contributed by atoms with Crippen molar-refractivity contribution in [2.45, 2.75) is 4.90 Å². The number of H-pyrrole nitrogens is 1. The summed E-state index contributed by atoms with van der Waals surface area (Å²) in [6, 6.07) is 12.0. The molecule has 1 aromatic carbocycles. The van der Waals surface area contributed by atoms with Crippen LogP contribution in [0, 0.1) is 0 Å². The Bertz CT molecular complexity index is 830. The fraction of sp³-hybridized carbons (Fsp3) is 0. The maximum atomic E-state index is 12.2. The highest BCUT2D eigenvalue weighted by Gasteiger charge is 2.14. The van der Waals surface area contributed by atoms with E-state index in [9.17, 15) is 8.42 Å². The number of aromatic nitrogens is 3. The third-order valence-electron chi connectivity index (χ3n) is 2.87. The van der Waals surface area contributed by atoms with Gasteiger partial charge in [-0.2, -0.15) is 5.10 Å². The van der Waals surface area contributed by atoms with Crippen LogP contribution in [0.25, 0.3) is 11.3 Å². The lowest BCUT2D eigenvalue weighted by atomic mass is 10.1. The molecule has 0 saturated heterocycles. The normalized spacial score (nSPS) is 11.2. The minimum atomic E-state index is -3.64. The van der Waals surface area contributed by atoms with E-state index >= 15 is 0 Å². The van der Waals surface area contributed by atoms with Gasteiger partial charge in [0.15, 0.2) is 0 Å². The van der Waals surface area contributed by atoms with Gasteiger partial charge in [-0.3, -0.25) is 14.8 Å². The van der Waals surface area contributed by atoms with Gasteiger partial charge < -0.3 is 0 Å². The first-order chi connectivity index (χ1) is 10.1. The summed E-state index contributed by atoms with van der Waals surface area (Å²) in [6.45, 7) is 0. The molecule has 0 radical (unpaired) electrons. The Morgan fingerprint density at radius 2 is 1.95 bits per heavy atom. The lowest BCUT2D eigenvalue weighted by molar-refractivity contribution is 0.601. The summed E-state index contributed by atoms with van der Waals surface area (Å²) in [5.41, 5.74) is 2.14. The first kappa shape index (κ1) is 13.3. The number of benzene rings is 1. The SMILES string of the molecule is O=S(=O)(Nc1cccc(-c2ccn[nH]2)c1)c1cccnc1. The van der Waals surface area contributed by atoms with E-state index < -0.39 is 10.0 Å². The molecule has 3 aromatic rings. The van der Waals surface area contributed by atoms with Crippen molar-refractivity contribution in [1.29, 1.82) is 0 Å². The third-order valence-corrected chi connectivity index (χ3v) is 4.24. The number of hydrogen-bond acceptors (Lipinski definition) is 4. The smallest absolute Gasteiger partial charge is 0.263 e. The van der Waals surface area contributed by atoms with Crippen LogP contribution in [0.1, 0.15) is 0 Å². The number of nitrogens with zero attached hydrogens (tertiary/aromatic N) is 2. The maximum Gasteiger partial charge on any atom is 0.263 e. The van der Waals surface area contributed by atoms with E-state index in [-0.39, 0.29) is 4.90 Å². The van der Waals surface area contributed by atoms with Crippen molar-refractivity contribution in [1.82, 2.24) is 15.2 Å². The zero-order chi connectivity index (χ0) is 14.7. The van der Waals surface area contributed by atoms with Crippen molar-refractivity contribution in [3.8, 4) is 11.3 Å². The van der Waals surface area contributed by atoms with Crippen molar-refractivity contribution in [3.63, 3.8) is 0 Å². The Labute approximate surface area is 121 Å². The van der Waals surface area contributed by atoms with Crippen molar-refractivity contribution in [3.05, 3.63) is 61.1 Å². The molecule has 7 heteroatoms. The van der Waals surface area contributed by atoms with Crippen molar-refractivity contribution >= 4 is 15.7 Å². The molecule has 0 unspecified atom stereocenters. The van der Waals surface area contributed by atoms with Crippen molar-refractivity contribution < 1.29 is 8.42 Å². The molecule has 21 heavy (non-hydrogen) atoms. The molecule has 106 valence electrons. The average Bonchev–Trinajstić information content (AvgIpc) is 3.02. The third kappa shape index (κ3) is 2.92. The topological polar surface area (TPSA) is 87.7 Å². The maximum absolute atomic E-state index is 12.2. The van der Waals surface area contributed by atoms with E-state index in [2.05, 4.69) is 19.9 Å². The fourth-order valence-corrected chi connectivity index (χ4v) is 2.90. The number of nitrogens with one attached hydrogen (secondary N) is 2. The predicted molar refractivity (Wildman–Crippen MR) is 79.1 cm³/mol. The van der Waals surface area contributed by atoms with Crippen LogP contribution < -0.4 is 4.72 Å². The highest BCUT2D eigenvalue weighted by atomic mass is 32.2. The molecule has 2 aromatic heterocycles. The molecule has 2 heterocycles. The summed E-state index contributed by atoms with van der Waals surface area (Å²) in [5, 5.41) is 6.72. The molecular formula is C14H12N4O2S. The van der Waals surface area contributed by atoms with Gasteiger partial charge in [-0.05, 0) is 30.3 Å². The second kappa shape index (κ2) is 5.37. The molecule has 0 aliphatic rings. The van der Waals surface area contributed by atoms with E-state index in [1.807, 2.05) is 12.1 Å². The summed E-state index contributed by atoms with van der Waals surface area (Å²) >= 11 is 0. The summed E-state index contributed by atoms with van der Waals surface area (Å²) in [5.74, 6) is 0. The highest BCUT2D eigenvalue weighted by Crippen LogP contribution is 2.22. The molecule has 3 rings (SSSR count). The van der Waals surface area contributed by atoms with Crippen LogP contribution >= 0.6 is 0 Å². The van der Waals surface area contributed by atoms with Gasteiger partial charge in [0.05, 0.1) is 5.69 Å². The van der Waals surface area contributed by atoms with Crippen LogP contribution in [0.5, 0.6) is 0 Å². The fourth-order valence-electron chi connectivity index (χ4n) is 1.89. The van der Waals surface area contributed by atoms with Crippen LogP contribution in [0.3, 0.4) is 0 Å². The lowest BCUT2D eigenvalue weighted by Crippen LogP contribution is -2.13. The molecule has 0 bridgehead atoms. The number of aromatic amines is 1. The Kier molecular flexibility index (Phi) is 3.41. The molecule has 0 spiro atoms. The van der Waals surface area contributed by atoms with Gasteiger partial charge in [-0.1, -0.05) is 12.1 Å². The molecule has 2 N–H and O–H groups in total. The number of pyridine rings is 1. The van der Waals surface area contributed by atoms with E-state index in [4.69, 9.17) is 0 Å². The van der Waals surface area contributed by atoms with E-state index in [0.717, 1.165) is 11.3 Å². The highest BCUT2D eigenvalue weighted by molar-refractivity contribution is 7.92. The quantitative estimate of drug-likeness (QED) is 0.773. The van der Waals surface area contributed by atoms with Gasteiger partial charge in [0.1, 0.15) is 4.90 Å². The largest absolute Gasteiger partial charge is 0.280 e. The monoisotopic (exact) mass is 300 g/mol. The summed E-state index contributed by atoms with van der Waals surface area (Å²) in [7, 11) is -3.64. The Balaban J connectivity index is 1.91. The van der Waals surface area contributed by atoms with E-state index in [1.54, 1.807) is 30.5 Å². The zero-order valence-electron chi connectivity index (χ0n) is 10.9. The first-order valence-electron chi connectivity index (χ1n) is 6.18. The minimum absolute atomic E-state index is 0.122. The Morgan fingerprint density at radius 3 is 2.67 bits per heavy atom. The predicted octanol–water partition coefficient (Wildman–Crippen LogP) is 2.27. The molecule has 6 nitrogen and oxygen atoms in total. The van der Waals surface area contributed by atoms with E-state index in [0.29, 0.717) is 5.69 Å². The molecular weight excluding hydrogens is 288 g/mol. The van der Waals surface area contributed by atoms with Crippen LogP contribution in [-0.2, 0) is 10.0 Å². The number of rotatable bonds is 4. The summed E-state index contributed by atoms with van der Waals surface area (Å²) in [6.07, 6.45) is 4.47. The Morgan fingerprint density at radius 1 is 1.05 bits per heavy atom. The number of hydrogen-bond donors (Lipinski definition) is 2. The average molecular weight is 300 g/mol. The summed E-state index contributed by atoms with van der Waals surface area (Å²) in [4.78, 5) is 3.94. The molecule has 0 atom stereocenters. The molecule has 0 saturated carbocycles. The molecule has 0 fully saturated rings. The standard InChI is InChI=1S/C14H12N4O2S/c19-21(20,13-5-2-7-15-10-13)18-12-4-1-3-11(9-12)14-6-8-16-17-14/h1-10,18H,(H,16,17). The first-order valence-corrected chi connectivity index (χ1v) is 7.66. The van der Waals surface area contributed by atoms with E-state index in [1.165, 1.54) is 18.5 Å². The van der Waals surface area contributed by atoms with Crippen LogP contribution in [0.15, 0.2) is 66.0 Å². The van der Waals surface area contributed by atoms with Crippen molar-refractivity contribution in [2.24, 2.45) is 0 Å². The van der Waals surface area contributed by atoms with Crippen LogP contribution in [0.4, 0.5) is 5.69 Å². The number of anilines is 1. The molecule has 0 aliphatic carbocycles. The molecule has 0 aliphatic heterocycles. The van der Waals surface area contributed by atoms with Gasteiger partial charge in [0, 0.05) is 29.8 Å². The van der Waals surface area contributed by atoms with Crippen molar-refractivity contribution in [2.75, 3.05) is 4.72 Å². The second-order valence-electron chi connectivity index (χ2n) is 4.35. The zero-order valence-corrected chi connectivity index (χ0v) is 11.7. The van der Waals surface area contributed by atoms with Crippen LogP contribution in [-0.4, -0.2) is 23.6 Å². The van der Waals surface area contributed by atoms with Crippen LogP contribution in [0.2, 0.25) is 0 Å². The van der Waals surface area contributed by atoms with Gasteiger partial charge in [-0.25, -0.2) is 8.42 Å². The second-order valence-corrected chi connectivity index (χ2v) is 6.03. The molecule has 0 amide bonds. The number of sulfonamides is 1.